The zero-order valence-corrected chi connectivity index (χ0v) is 11.8. The summed E-state index contributed by atoms with van der Waals surface area (Å²) in [6.07, 6.45) is 0.266. The van der Waals surface area contributed by atoms with Crippen molar-refractivity contribution in [2.75, 3.05) is 5.73 Å². The third kappa shape index (κ3) is 2.92. The molecule has 0 saturated carbocycles. The molecule has 2 aromatic rings. The van der Waals surface area contributed by atoms with Crippen molar-refractivity contribution >= 4 is 39.0 Å². The second-order valence-corrected chi connectivity index (χ2v) is 5.19. The number of ketones is 1. The summed E-state index contributed by atoms with van der Waals surface area (Å²) in [5.41, 5.74) is 7.66. The van der Waals surface area contributed by atoms with E-state index < -0.39 is 0 Å². The highest BCUT2D eigenvalue weighted by molar-refractivity contribution is 9.10. The van der Waals surface area contributed by atoms with Crippen molar-refractivity contribution in [3.05, 3.63) is 63.1 Å². The van der Waals surface area contributed by atoms with E-state index in [1.807, 2.05) is 18.2 Å². The van der Waals surface area contributed by atoms with Gasteiger partial charge >= 0.3 is 0 Å². The van der Waals surface area contributed by atoms with Gasteiger partial charge in [0.25, 0.3) is 0 Å². The fourth-order valence-electron chi connectivity index (χ4n) is 1.67. The Labute approximate surface area is 119 Å². The summed E-state index contributed by atoms with van der Waals surface area (Å²) in [5.74, 6) is -0.0118. The van der Waals surface area contributed by atoms with Gasteiger partial charge in [0.1, 0.15) is 0 Å². The Hall–Kier alpha value is -1.32. The van der Waals surface area contributed by atoms with E-state index in [1.165, 1.54) is 0 Å². The summed E-state index contributed by atoms with van der Waals surface area (Å²) in [7, 11) is 0. The summed E-state index contributed by atoms with van der Waals surface area (Å²) in [6, 6.07) is 12.5. The highest BCUT2D eigenvalue weighted by atomic mass is 79.9. The zero-order valence-electron chi connectivity index (χ0n) is 9.49. The van der Waals surface area contributed by atoms with Crippen LogP contribution in [0.2, 0.25) is 5.02 Å². The van der Waals surface area contributed by atoms with Gasteiger partial charge in [-0.1, -0.05) is 45.7 Å². The smallest absolute Gasteiger partial charge is 0.168 e. The van der Waals surface area contributed by atoms with E-state index in [9.17, 15) is 4.79 Å². The molecule has 0 bridgehead atoms. The molecule has 0 aliphatic rings. The Balaban J connectivity index is 2.28. The minimum absolute atomic E-state index is 0.0118. The van der Waals surface area contributed by atoms with E-state index in [1.54, 1.807) is 24.3 Å². The minimum atomic E-state index is -0.0118. The number of nitrogen functional groups attached to an aromatic ring is 1. The lowest BCUT2D eigenvalue weighted by Gasteiger charge is -2.06. The van der Waals surface area contributed by atoms with Crippen molar-refractivity contribution in [3.8, 4) is 0 Å². The van der Waals surface area contributed by atoms with Crippen LogP contribution in [0.4, 0.5) is 5.69 Å². The standard InChI is InChI=1S/C14H11BrClNO/c15-12-6-5-10(17)8-11(12)14(18)7-9-3-1-2-4-13(9)16/h1-6,8H,7,17H2. The Bertz CT molecular complexity index is 598. The molecule has 2 aromatic carbocycles. The first-order chi connectivity index (χ1) is 8.58. The summed E-state index contributed by atoms with van der Waals surface area (Å²) in [4.78, 5) is 12.2. The number of hydrogen-bond donors (Lipinski definition) is 1. The van der Waals surface area contributed by atoms with Crippen LogP contribution >= 0.6 is 27.5 Å². The van der Waals surface area contributed by atoms with E-state index in [-0.39, 0.29) is 12.2 Å². The molecule has 2 nitrogen and oxygen atoms in total. The van der Waals surface area contributed by atoms with Gasteiger partial charge in [0.05, 0.1) is 0 Å². The van der Waals surface area contributed by atoms with E-state index in [0.29, 0.717) is 16.3 Å². The molecule has 0 amide bonds. The molecule has 4 heteroatoms. The maximum atomic E-state index is 12.2. The average Bonchev–Trinajstić information content (AvgIpc) is 2.35. The Kier molecular flexibility index (Phi) is 4.04. The monoisotopic (exact) mass is 323 g/mol. The fraction of sp³-hybridized carbons (Fsp3) is 0.0714. The molecule has 0 atom stereocenters. The first-order valence-corrected chi connectivity index (χ1v) is 6.56. The topological polar surface area (TPSA) is 43.1 Å². The molecule has 92 valence electrons. The molecule has 2 rings (SSSR count). The number of rotatable bonds is 3. The number of carbonyl (C=O) groups is 1. The van der Waals surface area contributed by atoms with Crippen molar-refractivity contribution in [1.29, 1.82) is 0 Å². The Morgan fingerprint density at radius 3 is 2.67 bits per heavy atom. The lowest BCUT2D eigenvalue weighted by Crippen LogP contribution is -2.05. The summed E-state index contributed by atoms with van der Waals surface area (Å²) >= 11 is 9.39. The summed E-state index contributed by atoms with van der Waals surface area (Å²) in [5, 5.41) is 0.603. The molecular formula is C14H11BrClNO. The van der Waals surface area contributed by atoms with Gasteiger partial charge in [-0.3, -0.25) is 4.79 Å². The van der Waals surface area contributed by atoms with Crippen LogP contribution in [0.5, 0.6) is 0 Å². The zero-order chi connectivity index (χ0) is 13.1. The van der Waals surface area contributed by atoms with Crippen LogP contribution in [0.15, 0.2) is 46.9 Å². The summed E-state index contributed by atoms with van der Waals surface area (Å²) < 4.78 is 0.744. The maximum Gasteiger partial charge on any atom is 0.168 e. The molecule has 0 heterocycles. The number of carbonyl (C=O) groups excluding carboxylic acids is 1. The van der Waals surface area contributed by atoms with Gasteiger partial charge in [0.15, 0.2) is 5.78 Å². The van der Waals surface area contributed by atoms with Crippen LogP contribution in [0.25, 0.3) is 0 Å². The largest absolute Gasteiger partial charge is 0.399 e. The molecule has 0 fully saturated rings. The van der Waals surface area contributed by atoms with Crippen LogP contribution in [0.3, 0.4) is 0 Å². The van der Waals surface area contributed by atoms with Crippen LogP contribution < -0.4 is 5.73 Å². The van der Waals surface area contributed by atoms with Crippen molar-refractivity contribution < 1.29 is 4.79 Å². The second-order valence-electron chi connectivity index (χ2n) is 3.93. The van der Waals surface area contributed by atoms with Crippen molar-refractivity contribution in [2.24, 2.45) is 0 Å². The molecule has 0 saturated heterocycles. The highest BCUT2D eigenvalue weighted by Gasteiger charge is 2.12. The van der Waals surface area contributed by atoms with Gasteiger partial charge in [0.2, 0.25) is 0 Å². The molecule has 0 aromatic heterocycles. The van der Waals surface area contributed by atoms with Crippen molar-refractivity contribution in [3.63, 3.8) is 0 Å². The number of halogens is 2. The van der Waals surface area contributed by atoms with Gasteiger partial charge in [-0.2, -0.15) is 0 Å². The maximum absolute atomic E-state index is 12.2. The normalized spacial score (nSPS) is 10.3. The van der Waals surface area contributed by atoms with Gasteiger partial charge < -0.3 is 5.73 Å². The van der Waals surface area contributed by atoms with E-state index in [2.05, 4.69) is 15.9 Å². The molecule has 0 unspecified atom stereocenters. The molecule has 0 radical (unpaired) electrons. The number of nitrogens with two attached hydrogens (primary N) is 1. The molecule has 0 spiro atoms. The lowest BCUT2D eigenvalue weighted by atomic mass is 10.0. The Morgan fingerprint density at radius 2 is 1.94 bits per heavy atom. The minimum Gasteiger partial charge on any atom is -0.399 e. The third-order valence-corrected chi connectivity index (χ3v) is 3.66. The molecule has 0 aliphatic carbocycles. The molecule has 0 aliphatic heterocycles. The quantitative estimate of drug-likeness (QED) is 0.682. The van der Waals surface area contributed by atoms with E-state index in [0.717, 1.165) is 10.0 Å². The lowest BCUT2D eigenvalue weighted by molar-refractivity contribution is 0.0992. The molecular weight excluding hydrogens is 314 g/mol. The van der Waals surface area contributed by atoms with Gasteiger partial charge in [-0.25, -0.2) is 0 Å². The van der Waals surface area contributed by atoms with Crippen LogP contribution in [-0.4, -0.2) is 5.78 Å². The van der Waals surface area contributed by atoms with Gasteiger partial charge in [-0.05, 0) is 29.8 Å². The van der Waals surface area contributed by atoms with Gasteiger partial charge in [0, 0.05) is 27.2 Å². The summed E-state index contributed by atoms with van der Waals surface area (Å²) in [6.45, 7) is 0. The molecule has 2 N–H and O–H groups in total. The van der Waals surface area contributed by atoms with Crippen molar-refractivity contribution in [1.82, 2.24) is 0 Å². The first kappa shape index (κ1) is 13.1. The number of benzene rings is 2. The van der Waals surface area contributed by atoms with Gasteiger partial charge in [-0.15, -0.1) is 0 Å². The number of Topliss-reactive ketones (excluding diaryl/α,β-unsaturated/α-hetero) is 1. The fourth-order valence-corrected chi connectivity index (χ4v) is 2.34. The van der Waals surface area contributed by atoms with Crippen LogP contribution in [0.1, 0.15) is 15.9 Å². The second kappa shape index (κ2) is 5.55. The average molecular weight is 325 g/mol. The van der Waals surface area contributed by atoms with Crippen LogP contribution in [0, 0.1) is 0 Å². The Morgan fingerprint density at radius 1 is 1.22 bits per heavy atom. The number of anilines is 1. The SMILES string of the molecule is Nc1ccc(Br)c(C(=O)Cc2ccccc2Cl)c1. The van der Waals surface area contributed by atoms with E-state index in [4.69, 9.17) is 17.3 Å². The third-order valence-electron chi connectivity index (χ3n) is 2.60. The van der Waals surface area contributed by atoms with E-state index >= 15 is 0 Å². The van der Waals surface area contributed by atoms with Crippen LogP contribution in [-0.2, 0) is 6.42 Å². The predicted molar refractivity (Wildman–Crippen MR) is 78.0 cm³/mol. The molecule has 18 heavy (non-hydrogen) atoms. The number of hydrogen-bond acceptors (Lipinski definition) is 2. The first-order valence-electron chi connectivity index (χ1n) is 5.39. The highest BCUT2D eigenvalue weighted by Crippen LogP contribution is 2.23. The predicted octanol–water partition coefficient (Wildman–Crippen LogP) is 4.11. The van der Waals surface area contributed by atoms with Crippen molar-refractivity contribution in [2.45, 2.75) is 6.42 Å².